The lowest BCUT2D eigenvalue weighted by Gasteiger charge is -2.10. The molecule has 0 atom stereocenters. The minimum Gasteiger partial charge on any atom is -0.469 e. The Morgan fingerprint density at radius 2 is 2.09 bits per heavy atom. The molecule has 4 N–H and O–H groups in total. The summed E-state index contributed by atoms with van der Waals surface area (Å²) in [5.74, 6) is 1.73. The van der Waals surface area contributed by atoms with Crippen LogP contribution in [0, 0.1) is 0 Å². The highest BCUT2D eigenvalue weighted by molar-refractivity contribution is 14.0. The van der Waals surface area contributed by atoms with E-state index in [0.29, 0.717) is 24.8 Å². The van der Waals surface area contributed by atoms with E-state index in [1.165, 1.54) is 0 Å². The smallest absolute Gasteiger partial charge is 0.284 e. The van der Waals surface area contributed by atoms with E-state index in [2.05, 4.69) is 15.6 Å². The number of nitrogens with zero attached hydrogens (tertiary/aromatic N) is 1. The Labute approximate surface area is 151 Å². The fraction of sp³-hybridized carbons (Fsp3) is 0.333. The van der Waals surface area contributed by atoms with Crippen LogP contribution in [-0.2, 0) is 13.0 Å². The minimum atomic E-state index is -0.585. The van der Waals surface area contributed by atoms with Gasteiger partial charge in [0.15, 0.2) is 11.7 Å². The fourth-order valence-corrected chi connectivity index (χ4v) is 1.85. The molecule has 1 amide bonds. The number of furan rings is 2. The highest BCUT2D eigenvalue weighted by Gasteiger charge is 2.07. The summed E-state index contributed by atoms with van der Waals surface area (Å²) in [6.45, 7) is 3.76. The van der Waals surface area contributed by atoms with E-state index in [1.807, 2.05) is 19.1 Å². The van der Waals surface area contributed by atoms with E-state index in [4.69, 9.17) is 14.6 Å². The number of hydrogen-bond acceptors (Lipinski definition) is 4. The van der Waals surface area contributed by atoms with Crippen molar-refractivity contribution < 1.29 is 13.6 Å². The van der Waals surface area contributed by atoms with Gasteiger partial charge in [-0.3, -0.25) is 4.79 Å². The summed E-state index contributed by atoms with van der Waals surface area (Å²) in [6, 6.07) is 7.03. The van der Waals surface area contributed by atoms with Crippen LogP contribution in [0.15, 0.2) is 44.4 Å². The summed E-state index contributed by atoms with van der Waals surface area (Å²) in [4.78, 5) is 15.4. The van der Waals surface area contributed by atoms with Crippen LogP contribution in [0.3, 0.4) is 0 Å². The molecule has 0 aliphatic rings. The molecule has 0 spiro atoms. The number of aliphatic imine (C=N–C) groups is 1. The normalized spacial score (nSPS) is 10.9. The number of nitrogens with two attached hydrogens (primary N) is 1. The zero-order valence-corrected chi connectivity index (χ0v) is 15.2. The second kappa shape index (κ2) is 9.93. The summed E-state index contributed by atoms with van der Waals surface area (Å²) >= 11 is 0. The third-order valence-corrected chi connectivity index (χ3v) is 2.89. The number of guanidine groups is 1. The molecule has 0 radical (unpaired) electrons. The molecule has 2 aromatic rings. The van der Waals surface area contributed by atoms with Crippen molar-refractivity contribution in [2.75, 3.05) is 13.1 Å². The molecule has 0 aromatic carbocycles. The van der Waals surface area contributed by atoms with E-state index >= 15 is 0 Å². The van der Waals surface area contributed by atoms with E-state index in [-0.39, 0.29) is 29.7 Å². The van der Waals surface area contributed by atoms with Crippen molar-refractivity contribution in [3.63, 3.8) is 0 Å². The van der Waals surface area contributed by atoms with Crippen LogP contribution >= 0.6 is 24.0 Å². The second-order valence-corrected chi connectivity index (χ2v) is 4.58. The first-order chi connectivity index (χ1) is 10.7. The maximum absolute atomic E-state index is 11.0. The Kier molecular flexibility index (Phi) is 8.23. The third-order valence-electron chi connectivity index (χ3n) is 2.89. The molecule has 2 aromatic heterocycles. The SMILES string of the molecule is CCNC(=NCc1ccc(C(N)=O)o1)NCCc1ccco1.I. The lowest BCUT2D eigenvalue weighted by atomic mass is 10.3. The molecule has 23 heavy (non-hydrogen) atoms. The van der Waals surface area contributed by atoms with Crippen LogP contribution in [0.5, 0.6) is 0 Å². The predicted octanol–water partition coefficient (Wildman–Crippen LogP) is 1.89. The number of amides is 1. The number of primary amides is 1. The van der Waals surface area contributed by atoms with Gasteiger partial charge < -0.3 is 25.2 Å². The highest BCUT2D eigenvalue weighted by atomic mass is 127. The number of carbonyl (C=O) groups is 1. The standard InChI is InChI=1S/C15H20N4O3.HI/c1-2-17-15(18-8-7-11-4-3-9-21-11)19-10-12-5-6-13(22-12)14(16)20;/h3-6,9H,2,7-8,10H2,1H3,(H2,16,20)(H2,17,18,19);1H. The summed E-state index contributed by atoms with van der Waals surface area (Å²) in [7, 11) is 0. The average Bonchev–Trinajstić information content (AvgIpc) is 3.16. The molecular weight excluding hydrogens is 411 g/mol. The van der Waals surface area contributed by atoms with Gasteiger partial charge in [-0.25, -0.2) is 4.99 Å². The Balaban J connectivity index is 0.00000264. The summed E-state index contributed by atoms with van der Waals surface area (Å²) in [6.07, 6.45) is 2.42. The molecule has 0 aliphatic carbocycles. The van der Waals surface area contributed by atoms with E-state index in [0.717, 1.165) is 18.7 Å². The van der Waals surface area contributed by atoms with Crippen molar-refractivity contribution in [1.82, 2.24) is 10.6 Å². The number of carbonyl (C=O) groups excluding carboxylic acids is 1. The van der Waals surface area contributed by atoms with Gasteiger partial charge in [-0.15, -0.1) is 24.0 Å². The maximum Gasteiger partial charge on any atom is 0.284 e. The largest absolute Gasteiger partial charge is 0.469 e. The lowest BCUT2D eigenvalue weighted by molar-refractivity contribution is 0.0972. The first kappa shape index (κ1) is 19.1. The zero-order valence-electron chi connectivity index (χ0n) is 12.9. The Morgan fingerprint density at radius 1 is 1.26 bits per heavy atom. The van der Waals surface area contributed by atoms with Gasteiger partial charge in [0.05, 0.1) is 6.26 Å². The molecule has 2 rings (SSSR count). The van der Waals surface area contributed by atoms with Gasteiger partial charge in [-0.1, -0.05) is 0 Å². The van der Waals surface area contributed by atoms with Gasteiger partial charge in [-0.05, 0) is 31.2 Å². The predicted molar refractivity (Wildman–Crippen MR) is 97.9 cm³/mol. The van der Waals surface area contributed by atoms with E-state index < -0.39 is 5.91 Å². The van der Waals surface area contributed by atoms with E-state index in [9.17, 15) is 4.79 Å². The number of hydrogen-bond donors (Lipinski definition) is 3. The van der Waals surface area contributed by atoms with Crippen LogP contribution in [0.2, 0.25) is 0 Å². The first-order valence-electron chi connectivity index (χ1n) is 7.12. The van der Waals surface area contributed by atoms with Crippen molar-refractivity contribution in [1.29, 1.82) is 0 Å². The van der Waals surface area contributed by atoms with Crippen molar-refractivity contribution in [2.45, 2.75) is 19.9 Å². The van der Waals surface area contributed by atoms with Gasteiger partial charge in [0.2, 0.25) is 0 Å². The van der Waals surface area contributed by atoms with Crippen LogP contribution in [0.4, 0.5) is 0 Å². The molecule has 8 heteroatoms. The van der Waals surface area contributed by atoms with Gasteiger partial charge in [-0.2, -0.15) is 0 Å². The molecule has 0 bridgehead atoms. The Morgan fingerprint density at radius 3 is 2.70 bits per heavy atom. The molecule has 0 fully saturated rings. The minimum absolute atomic E-state index is 0. The number of rotatable bonds is 7. The summed E-state index contributed by atoms with van der Waals surface area (Å²) in [5, 5.41) is 6.34. The molecule has 2 heterocycles. The van der Waals surface area contributed by atoms with Gasteiger partial charge >= 0.3 is 0 Å². The fourth-order valence-electron chi connectivity index (χ4n) is 1.85. The topological polar surface area (TPSA) is 106 Å². The maximum atomic E-state index is 11.0. The van der Waals surface area contributed by atoms with Crippen LogP contribution < -0.4 is 16.4 Å². The lowest BCUT2D eigenvalue weighted by Crippen LogP contribution is -2.38. The monoisotopic (exact) mass is 432 g/mol. The van der Waals surface area contributed by atoms with Crippen molar-refractivity contribution >= 4 is 35.8 Å². The van der Waals surface area contributed by atoms with Crippen LogP contribution in [-0.4, -0.2) is 25.0 Å². The number of nitrogens with one attached hydrogen (secondary N) is 2. The van der Waals surface area contributed by atoms with Crippen LogP contribution in [0.25, 0.3) is 0 Å². The van der Waals surface area contributed by atoms with Crippen molar-refractivity contribution in [3.05, 3.63) is 47.8 Å². The summed E-state index contributed by atoms with van der Waals surface area (Å²) < 4.78 is 10.6. The second-order valence-electron chi connectivity index (χ2n) is 4.58. The van der Waals surface area contributed by atoms with E-state index in [1.54, 1.807) is 18.4 Å². The zero-order chi connectivity index (χ0) is 15.8. The van der Waals surface area contributed by atoms with Crippen molar-refractivity contribution in [2.24, 2.45) is 10.7 Å². The molecular formula is C15H21IN4O3. The number of halogens is 1. The molecule has 126 valence electrons. The van der Waals surface area contributed by atoms with Gasteiger partial charge in [0.25, 0.3) is 5.91 Å². The summed E-state index contributed by atoms with van der Waals surface area (Å²) in [5.41, 5.74) is 5.14. The molecule has 7 nitrogen and oxygen atoms in total. The highest BCUT2D eigenvalue weighted by Crippen LogP contribution is 2.08. The van der Waals surface area contributed by atoms with Crippen LogP contribution in [0.1, 0.15) is 29.0 Å². The van der Waals surface area contributed by atoms with Crippen molar-refractivity contribution in [3.8, 4) is 0 Å². The van der Waals surface area contributed by atoms with Gasteiger partial charge in [0, 0.05) is 19.5 Å². The molecule has 0 saturated carbocycles. The Hall–Kier alpha value is -1.97. The molecule has 0 saturated heterocycles. The first-order valence-corrected chi connectivity index (χ1v) is 7.12. The molecule has 0 unspecified atom stereocenters. The third kappa shape index (κ3) is 6.35. The average molecular weight is 432 g/mol. The quantitative estimate of drug-likeness (QED) is 0.352. The van der Waals surface area contributed by atoms with Gasteiger partial charge in [0.1, 0.15) is 18.1 Å². The molecule has 0 aliphatic heterocycles. The Bertz CT molecular complexity index is 622.